The van der Waals surface area contributed by atoms with Crippen molar-refractivity contribution in [2.75, 3.05) is 6.54 Å². The molecule has 0 unspecified atom stereocenters. The van der Waals surface area contributed by atoms with Crippen LogP contribution < -0.4 is 10.6 Å². The van der Waals surface area contributed by atoms with Crippen molar-refractivity contribution >= 4 is 17.3 Å². The average Bonchev–Trinajstić information content (AvgIpc) is 2.99. The van der Waals surface area contributed by atoms with Gasteiger partial charge in [0, 0.05) is 18.5 Å². The summed E-state index contributed by atoms with van der Waals surface area (Å²) >= 11 is 1.71. The molecule has 0 saturated heterocycles. The highest BCUT2D eigenvalue weighted by molar-refractivity contribution is 7.11. The zero-order valence-corrected chi connectivity index (χ0v) is 13.7. The average molecular weight is 307 g/mol. The van der Waals surface area contributed by atoms with Crippen molar-refractivity contribution in [2.24, 2.45) is 12.0 Å². The lowest BCUT2D eigenvalue weighted by Gasteiger charge is -2.10. The minimum Gasteiger partial charge on any atom is -0.357 e. The van der Waals surface area contributed by atoms with Crippen LogP contribution in [0.2, 0.25) is 0 Å². The SMILES string of the molecule is CCNC(=NCc1nncn1C)NCc1sc(C)nc1C. The third kappa shape index (κ3) is 4.25. The van der Waals surface area contributed by atoms with E-state index >= 15 is 0 Å². The number of aromatic nitrogens is 4. The molecule has 0 amide bonds. The van der Waals surface area contributed by atoms with Crippen LogP contribution in [-0.2, 0) is 20.1 Å². The molecule has 0 aliphatic rings. The van der Waals surface area contributed by atoms with E-state index in [0.29, 0.717) is 6.54 Å². The monoisotopic (exact) mass is 307 g/mol. The predicted octanol–water partition coefficient (Wildman–Crippen LogP) is 1.14. The normalized spacial score (nSPS) is 11.7. The fourth-order valence-electron chi connectivity index (χ4n) is 1.84. The van der Waals surface area contributed by atoms with Crippen molar-refractivity contribution in [1.29, 1.82) is 0 Å². The second-order valence-corrected chi connectivity index (χ2v) is 5.94. The molecule has 7 nitrogen and oxygen atoms in total. The fraction of sp³-hybridized carbons (Fsp3) is 0.538. The molecule has 2 aromatic rings. The molecule has 0 saturated carbocycles. The Morgan fingerprint density at radius 1 is 1.38 bits per heavy atom. The molecule has 8 heteroatoms. The van der Waals surface area contributed by atoms with E-state index in [4.69, 9.17) is 0 Å². The van der Waals surface area contributed by atoms with Gasteiger partial charge in [0.2, 0.25) is 0 Å². The molecule has 0 radical (unpaired) electrons. The first-order valence-electron chi connectivity index (χ1n) is 6.88. The van der Waals surface area contributed by atoms with E-state index in [2.05, 4.69) is 30.8 Å². The number of aryl methyl sites for hydroxylation is 3. The quantitative estimate of drug-likeness (QED) is 0.640. The number of aliphatic imine (C=N–C) groups is 1. The van der Waals surface area contributed by atoms with Gasteiger partial charge in [-0.3, -0.25) is 0 Å². The molecule has 114 valence electrons. The summed E-state index contributed by atoms with van der Waals surface area (Å²) < 4.78 is 1.86. The molecule has 0 aliphatic carbocycles. The molecule has 0 aromatic carbocycles. The van der Waals surface area contributed by atoms with Crippen LogP contribution in [-0.4, -0.2) is 32.3 Å². The van der Waals surface area contributed by atoms with E-state index in [-0.39, 0.29) is 0 Å². The van der Waals surface area contributed by atoms with Crippen molar-refractivity contribution in [3.8, 4) is 0 Å². The van der Waals surface area contributed by atoms with Gasteiger partial charge < -0.3 is 15.2 Å². The van der Waals surface area contributed by atoms with Gasteiger partial charge in [0.1, 0.15) is 12.9 Å². The van der Waals surface area contributed by atoms with Crippen molar-refractivity contribution in [2.45, 2.75) is 33.9 Å². The first-order valence-corrected chi connectivity index (χ1v) is 7.69. The summed E-state index contributed by atoms with van der Waals surface area (Å²) in [5.74, 6) is 1.60. The molecule has 0 aliphatic heterocycles. The van der Waals surface area contributed by atoms with Gasteiger partial charge in [0.05, 0.1) is 17.2 Å². The van der Waals surface area contributed by atoms with E-state index in [1.54, 1.807) is 17.7 Å². The van der Waals surface area contributed by atoms with Gasteiger partial charge >= 0.3 is 0 Å². The molecular formula is C13H21N7S. The van der Waals surface area contributed by atoms with Crippen LogP contribution in [0.15, 0.2) is 11.3 Å². The molecule has 2 N–H and O–H groups in total. The molecule has 0 atom stereocenters. The van der Waals surface area contributed by atoms with Crippen molar-refractivity contribution < 1.29 is 0 Å². The first-order chi connectivity index (χ1) is 10.1. The van der Waals surface area contributed by atoms with Gasteiger partial charge in [-0.2, -0.15) is 0 Å². The first kappa shape index (κ1) is 15.4. The Morgan fingerprint density at radius 3 is 2.76 bits per heavy atom. The van der Waals surface area contributed by atoms with Crippen LogP contribution in [0.1, 0.15) is 28.3 Å². The van der Waals surface area contributed by atoms with Crippen LogP contribution in [0.4, 0.5) is 0 Å². The highest BCUT2D eigenvalue weighted by Gasteiger charge is 2.06. The van der Waals surface area contributed by atoms with Gasteiger partial charge in [0.25, 0.3) is 0 Å². The number of hydrogen-bond donors (Lipinski definition) is 2. The Hall–Kier alpha value is -1.96. The van der Waals surface area contributed by atoms with Crippen LogP contribution in [0.3, 0.4) is 0 Å². The zero-order valence-electron chi connectivity index (χ0n) is 12.8. The number of nitrogens with zero attached hydrogens (tertiary/aromatic N) is 5. The number of thiazole rings is 1. The van der Waals surface area contributed by atoms with Crippen LogP contribution >= 0.6 is 11.3 Å². The molecular weight excluding hydrogens is 286 g/mol. The maximum Gasteiger partial charge on any atom is 0.191 e. The Labute approximate surface area is 128 Å². The summed E-state index contributed by atoms with van der Waals surface area (Å²) in [6, 6.07) is 0. The minimum atomic E-state index is 0.493. The van der Waals surface area contributed by atoms with E-state index in [1.807, 2.05) is 32.4 Å². The lowest BCUT2D eigenvalue weighted by Crippen LogP contribution is -2.36. The Kier molecular flexibility index (Phi) is 5.26. The maximum absolute atomic E-state index is 4.52. The van der Waals surface area contributed by atoms with Crippen LogP contribution in [0.5, 0.6) is 0 Å². The largest absolute Gasteiger partial charge is 0.357 e. The molecule has 2 aromatic heterocycles. The Bertz CT molecular complexity index is 614. The molecule has 2 heterocycles. The maximum atomic E-state index is 4.52. The summed E-state index contributed by atoms with van der Waals surface area (Å²) in [5, 5.41) is 15.5. The van der Waals surface area contributed by atoms with E-state index in [0.717, 1.165) is 35.6 Å². The van der Waals surface area contributed by atoms with Crippen molar-refractivity contribution in [3.63, 3.8) is 0 Å². The molecule has 21 heavy (non-hydrogen) atoms. The van der Waals surface area contributed by atoms with Gasteiger partial charge in [-0.25, -0.2) is 9.98 Å². The van der Waals surface area contributed by atoms with E-state index in [1.165, 1.54) is 4.88 Å². The molecule has 0 bridgehead atoms. The number of hydrogen-bond acceptors (Lipinski definition) is 5. The Morgan fingerprint density at radius 2 is 2.19 bits per heavy atom. The molecule has 0 spiro atoms. The van der Waals surface area contributed by atoms with Gasteiger partial charge in [0.15, 0.2) is 11.8 Å². The van der Waals surface area contributed by atoms with Gasteiger partial charge in [-0.05, 0) is 20.8 Å². The molecule has 0 fully saturated rings. The molecule has 2 rings (SSSR count). The number of guanidine groups is 1. The lowest BCUT2D eigenvalue weighted by molar-refractivity contribution is 0.768. The summed E-state index contributed by atoms with van der Waals surface area (Å²) in [5.41, 5.74) is 1.08. The van der Waals surface area contributed by atoms with Crippen LogP contribution in [0.25, 0.3) is 0 Å². The fourth-order valence-corrected chi connectivity index (χ4v) is 2.72. The topological polar surface area (TPSA) is 80.0 Å². The smallest absolute Gasteiger partial charge is 0.191 e. The number of nitrogens with one attached hydrogen (secondary N) is 2. The van der Waals surface area contributed by atoms with Crippen LogP contribution in [0, 0.1) is 13.8 Å². The van der Waals surface area contributed by atoms with Gasteiger partial charge in [-0.1, -0.05) is 0 Å². The third-order valence-corrected chi connectivity index (χ3v) is 4.02. The second-order valence-electron chi connectivity index (χ2n) is 4.65. The lowest BCUT2D eigenvalue weighted by atomic mass is 10.4. The van der Waals surface area contributed by atoms with Gasteiger partial charge in [-0.15, -0.1) is 21.5 Å². The van der Waals surface area contributed by atoms with E-state index in [9.17, 15) is 0 Å². The summed E-state index contributed by atoms with van der Waals surface area (Å²) in [6.45, 7) is 8.13. The number of rotatable bonds is 5. The van der Waals surface area contributed by atoms with E-state index < -0.39 is 0 Å². The Balaban J connectivity index is 1.98. The summed E-state index contributed by atoms with van der Waals surface area (Å²) in [7, 11) is 1.91. The van der Waals surface area contributed by atoms with Crippen molar-refractivity contribution in [3.05, 3.63) is 27.7 Å². The zero-order chi connectivity index (χ0) is 15.2. The predicted molar refractivity (Wildman–Crippen MR) is 84.2 cm³/mol. The highest BCUT2D eigenvalue weighted by atomic mass is 32.1. The highest BCUT2D eigenvalue weighted by Crippen LogP contribution is 2.16. The summed E-state index contributed by atoms with van der Waals surface area (Å²) in [4.78, 5) is 10.2. The minimum absolute atomic E-state index is 0.493. The van der Waals surface area contributed by atoms with Crippen molar-refractivity contribution in [1.82, 2.24) is 30.4 Å². The third-order valence-electron chi connectivity index (χ3n) is 2.94. The summed E-state index contributed by atoms with van der Waals surface area (Å²) in [6.07, 6.45) is 1.68. The standard InChI is InChI=1S/C13H21N7S/c1-5-14-13(16-7-12-19-17-8-20(12)4)15-6-11-9(2)18-10(3)21-11/h8H,5-7H2,1-4H3,(H2,14,15,16). The second kappa shape index (κ2) is 7.16.